The van der Waals surface area contributed by atoms with Crippen LogP contribution in [0, 0.1) is 34.9 Å². The number of carboxylic acid groups (broad SMARTS) is 1. The summed E-state index contributed by atoms with van der Waals surface area (Å²) in [6, 6.07) is 20.0. The lowest BCUT2D eigenvalue weighted by atomic mass is 9.80. The second-order valence-electron chi connectivity index (χ2n) is 22.2. The molecule has 3 fully saturated rings. The van der Waals surface area contributed by atoms with E-state index in [1.165, 1.54) is 59.7 Å². The largest absolute Gasteiger partial charge is 0.481 e. The molecule has 0 radical (unpaired) electrons. The Kier molecular flexibility index (Phi) is 18.7. The van der Waals surface area contributed by atoms with Crippen LogP contribution in [0.4, 0.5) is 26.3 Å². The first-order chi connectivity index (χ1) is 43.3. The molecule has 17 nitrogen and oxygen atoms in total. The molecular formula is C65H64ClF6N13O4S. The van der Waals surface area contributed by atoms with E-state index in [1.54, 1.807) is 30.6 Å². The van der Waals surface area contributed by atoms with Crippen molar-refractivity contribution in [3.63, 3.8) is 0 Å². The van der Waals surface area contributed by atoms with E-state index in [-0.39, 0.29) is 74.4 Å². The quantitative estimate of drug-likeness (QED) is 0.0991. The van der Waals surface area contributed by atoms with Gasteiger partial charge in [0, 0.05) is 25.1 Å². The minimum absolute atomic E-state index is 0.0450. The van der Waals surface area contributed by atoms with Crippen molar-refractivity contribution in [1.29, 1.82) is 0 Å². The maximum absolute atomic E-state index is 14.4. The molecule has 6 aromatic heterocycles. The van der Waals surface area contributed by atoms with Gasteiger partial charge in [0.15, 0.2) is 5.82 Å². The zero-order valence-corrected chi connectivity index (χ0v) is 51.9. The summed E-state index contributed by atoms with van der Waals surface area (Å²) < 4.78 is 109. The third kappa shape index (κ3) is 11.7. The number of aryl methyl sites for hydroxylation is 1. The highest BCUT2D eigenvalue weighted by atomic mass is 35.5. The highest BCUT2D eigenvalue weighted by Gasteiger charge is 2.57. The van der Waals surface area contributed by atoms with Crippen molar-refractivity contribution < 1.29 is 44.7 Å². The number of hydrogen-bond donors (Lipinski definition) is 1. The molecule has 9 aromatic rings. The zero-order chi connectivity index (χ0) is 64.5. The van der Waals surface area contributed by atoms with Crippen molar-refractivity contribution in [2.75, 3.05) is 12.0 Å². The third-order valence-corrected chi connectivity index (χ3v) is 18.6. The molecule has 6 heterocycles. The average molecular weight is 1270 g/mol. The van der Waals surface area contributed by atoms with Crippen LogP contribution in [-0.4, -0.2) is 96.8 Å². The minimum atomic E-state index is -3.13. The lowest BCUT2D eigenvalue weighted by Crippen LogP contribution is -2.32. The fourth-order valence-electron chi connectivity index (χ4n) is 13.6. The number of carboxylic acids is 1. The van der Waals surface area contributed by atoms with Crippen molar-refractivity contribution >= 4 is 27.4 Å². The molecule has 0 saturated heterocycles. The van der Waals surface area contributed by atoms with Gasteiger partial charge in [0.1, 0.15) is 56.5 Å². The van der Waals surface area contributed by atoms with Gasteiger partial charge in [-0.2, -0.15) is 20.0 Å². The lowest BCUT2D eigenvalue weighted by molar-refractivity contribution is -0.143. The number of nitrogens with zero attached hydrogens (tertiary/aromatic N) is 13. The third-order valence-electron chi connectivity index (χ3n) is 17.4. The van der Waals surface area contributed by atoms with Gasteiger partial charge in [-0.05, 0) is 171 Å². The molecule has 3 saturated carbocycles. The van der Waals surface area contributed by atoms with Gasteiger partial charge in [0.25, 0.3) is 5.95 Å². The van der Waals surface area contributed by atoms with Crippen LogP contribution in [0.5, 0.6) is 0 Å². The van der Waals surface area contributed by atoms with E-state index in [4.69, 9.17) is 16.6 Å². The monoisotopic (exact) mass is 1270 g/mol. The summed E-state index contributed by atoms with van der Waals surface area (Å²) in [4.78, 5) is 33.2. The van der Waals surface area contributed by atoms with Crippen LogP contribution in [0.1, 0.15) is 168 Å². The Morgan fingerprint density at radius 2 is 0.978 bits per heavy atom. The van der Waals surface area contributed by atoms with Gasteiger partial charge < -0.3 is 5.11 Å². The Labute approximate surface area is 521 Å². The highest BCUT2D eigenvalue weighted by molar-refractivity contribution is 7.90. The fraction of sp³-hybridized carbons (Fsp3) is 0.369. The second kappa shape index (κ2) is 26.1. The molecule has 1 N–H and O–H groups in total. The Morgan fingerprint density at radius 1 is 0.567 bits per heavy atom. The summed E-state index contributed by atoms with van der Waals surface area (Å²) in [5, 5.41) is 39.2. The summed E-state index contributed by atoms with van der Waals surface area (Å²) >= 11 is 5.98. The number of carbonyl (C=O) groups is 1. The molecule has 0 amide bonds. The van der Waals surface area contributed by atoms with Gasteiger partial charge in [-0.25, -0.2) is 59.7 Å². The van der Waals surface area contributed by atoms with Crippen LogP contribution in [-0.2, 0) is 37.3 Å². The van der Waals surface area contributed by atoms with E-state index in [0.29, 0.717) is 30.3 Å². The van der Waals surface area contributed by atoms with Crippen molar-refractivity contribution in [3.8, 4) is 39.7 Å². The van der Waals surface area contributed by atoms with E-state index in [0.717, 1.165) is 96.5 Å². The van der Waals surface area contributed by atoms with E-state index < -0.39 is 61.5 Å². The number of rotatable bonds is 10. The Balaban J connectivity index is 0.000000147. The molecule has 0 unspecified atom stereocenters. The molecule has 0 spiro atoms. The first-order valence-electron chi connectivity index (χ1n) is 30.0. The summed E-state index contributed by atoms with van der Waals surface area (Å²) in [7, 11) is -3.13. The van der Waals surface area contributed by atoms with Crippen LogP contribution in [0.25, 0.3) is 39.7 Å². The number of hydrogen-bond acceptors (Lipinski definition) is 15. The topological polar surface area (TPSA) is 231 Å². The fourth-order valence-corrected chi connectivity index (χ4v) is 14.3. The first kappa shape index (κ1) is 64.5. The van der Waals surface area contributed by atoms with Gasteiger partial charge >= 0.3 is 5.97 Å². The molecule has 6 bridgehead atoms. The molecule has 90 heavy (non-hydrogen) atoms. The number of fused-ring (bicyclic) bond motifs is 15. The Morgan fingerprint density at radius 3 is 1.42 bits per heavy atom. The SMILES string of the molecule is CC.CC.CC.CS(=O)(=O)CCc1ncn(-c2nccc([C@]34CC[C@H](C3)c3cc(-c5c(F)cccc5F)nnc34)n2)n1.Fc1cccc(F)c1-c1cc2c(nn1)[C@@]1(c3ccnc(Cl)n3)CC[C@@H]2C1.O=C(O)[C@]12CC[C@H](C1)c1cc(-c3c(F)cccc3F)nnc12. The van der Waals surface area contributed by atoms with Crippen LogP contribution in [0.3, 0.4) is 0 Å². The number of benzene rings is 3. The number of aliphatic carboxylic acids is 1. The Hall–Kier alpha value is -8.51. The predicted octanol–water partition coefficient (Wildman–Crippen LogP) is 13.5. The minimum Gasteiger partial charge on any atom is -0.481 e. The Bertz CT molecular complexity index is 4240. The van der Waals surface area contributed by atoms with Gasteiger partial charge in [-0.3, -0.25) is 4.79 Å². The summed E-state index contributed by atoms with van der Waals surface area (Å²) in [5.41, 5.74) is 4.57. The van der Waals surface area contributed by atoms with Gasteiger partial charge in [0.05, 0.1) is 78.8 Å². The van der Waals surface area contributed by atoms with Gasteiger partial charge in [-0.15, -0.1) is 20.4 Å². The van der Waals surface area contributed by atoms with E-state index >= 15 is 0 Å². The molecule has 468 valence electrons. The first-order valence-corrected chi connectivity index (χ1v) is 32.4. The molecular weight excluding hydrogens is 1210 g/mol. The number of aromatic nitrogens is 13. The second-order valence-corrected chi connectivity index (χ2v) is 24.8. The average Bonchev–Trinajstić information content (AvgIpc) is 1.57. The van der Waals surface area contributed by atoms with Crippen LogP contribution in [0.2, 0.25) is 5.28 Å². The molecule has 0 aliphatic heterocycles. The van der Waals surface area contributed by atoms with Gasteiger partial charge in [0.2, 0.25) is 5.28 Å². The molecule has 25 heteroatoms. The zero-order valence-electron chi connectivity index (χ0n) is 50.4. The lowest BCUT2D eigenvalue weighted by Gasteiger charge is -2.27. The standard InChI is InChI=1S/C24H21F2N7O2S.C19H13ClF2N4.C16H12F2N2O2.3C2H6/c1-36(34,35)10-7-20-28-13-33(32-20)23-27-9-6-19(29-23)24-8-5-14(12-24)15-11-18(30-31-22(15)24)21-16(25)3-2-4-17(21)26;20-18-23-7-5-15(24-18)19-6-4-10(9-19)11-8-14(25-26-17(11)19)16-12(21)2-1-3-13(16)22;17-10-2-1-3-11(18)13(10)12-6-9-8-4-5-16(7-8,15(21)22)14(9)20-19-12;3*1-2/h2-4,6,9,11,13-14H,5,7-8,10,12H2,1H3;1-3,5,7-8,10H,4,6,9H2;1-3,6,8H,4-5,7H2,(H,21,22);3*1-2H3/t14-,24+;10-,19+;8-,16-;;;/m111.../s1. The van der Waals surface area contributed by atoms with E-state index in [1.807, 2.05) is 53.7 Å². The van der Waals surface area contributed by atoms with E-state index in [2.05, 4.69) is 55.6 Å². The van der Waals surface area contributed by atoms with E-state index in [9.17, 15) is 44.7 Å². The highest BCUT2D eigenvalue weighted by Crippen LogP contribution is 2.61. The van der Waals surface area contributed by atoms with Crippen molar-refractivity contribution in [2.24, 2.45) is 0 Å². The smallest absolute Gasteiger partial charge is 0.315 e. The summed E-state index contributed by atoms with van der Waals surface area (Å²) in [6.07, 6.45) is 13.1. The number of halogens is 7. The van der Waals surface area contributed by atoms with Crippen LogP contribution < -0.4 is 0 Å². The normalized spacial score (nSPS) is 21.3. The van der Waals surface area contributed by atoms with Crippen molar-refractivity contribution in [2.45, 2.75) is 140 Å². The molecule has 15 rings (SSSR count). The predicted molar refractivity (Wildman–Crippen MR) is 324 cm³/mol. The van der Waals surface area contributed by atoms with Crippen LogP contribution in [0.15, 0.2) is 104 Å². The maximum Gasteiger partial charge on any atom is 0.315 e. The summed E-state index contributed by atoms with van der Waals surface area (Å²) in [5.74, 6) is -3.72. The molecule has 3 aromatic carbocycles. The molecule has 6 atom stereocenters. The number of sulfone groups is 1. The van der Waals surface area contributed by atoms with Crippen LogP contribution >= 0.6 is 11.6 Å². The molecule has 6 aliphatic rings. The molecule has 6 aliphatic carbocycles. The maximum atomic E-state index is 14.4. The van der Waals surface area contributed by atoms with Gasteiger partial charge in [-0.1, -0.05) is 59.7 Å². The van der Waals surface area contributed by atoms with Crippen molar-refractivity contribution in [1.82, 2.24) is 65.3 Å². The van der Waals surface area contributed by atoms with Crippen molar-refractivity contribution in [3.05, 3.63) is 195 Å². The summed E-state index contributed by atoms with van der Waals surface area (Å²) in [6.45, 7) is 12.0.